The lowest BCUT2D eigenvalue weighted by atomic mass is 10.1. The molecule has 136 valence electrons. The van der Waals surface area contributed by atoms with Gasteiger partial charge in [-0.3, -0.25) is 4.79 Å². The van der Waals surface area contributed by atoms with Crippen molar-refractivity contribution in [3.8, 4) is 5.69 Å². The molecule has 4 rings (SSSR count). The van der Waals surface area contributed by atoms with Gasteiger partial charge in [-0.25, -0.2) is 9.67 Å². The lowest BCUT2D eigenvalue weighted by Crippen LogP contribution is -2.17. The Kier molecular flexibility index (Phi) is 4.46. The maximum atomic E-state index is 12.8. The molecule has 0 aliphatic carbocycles. The molecule has 0 saturated heterocycles. The van der Waals surface area contributed by atoms with E-state index in [1.54, 1.807) is 16.9 Å². The predicted molar refractivity (Wildman–Crippen MR) is 105 cm³/mol. The summed E-state index contributed by atoms with van der Waals surface area (Å²) < 4.78 is 7.30. The summed E-state index contributed by atoms with van der Waals surface area (Å²) >= 11 is 0. The first kappa shape index (κ1) is 17.0. The number of amides is 1. The van der Waals surface area contributed by atoms with Gasteiger partial charge in [0.15, 0.2) is 0 Å². The van der Waals surface area contributed by atoms with Crippen molar-refractivity contribution in [2.75, 3.05) is 18.5 Å². The molecule has 6 heteroatoms. The quantitative estimate of drug-likeness (QED) is 0.774. The minimum Gasteiger partial charge on any atom is -0.475 e. The molecule has 0 unspecified atom stereocenters. The number of ether oxygens (including phenoxy) is 1. The first-order chi connectivity index (χ1) is 13.1. The zero-order valence-corrected chi connectivity index (χ0v) is 15.3. The Morgan fingerprint density at radius 2 is 1.93 bits per heavy atom. The smallest absolute Gasteiger partial charge is 0.256 e. The van der Waals surface area contributed by atoms with Crippen LogP contribution in [0.4, 0.5) is 5.82 Å². The molecule has 0 bridgehead atoms. The molecule has 0 spiro atoms. The second kappa shape index (κ2) is 7.07. The number of rotatable bonds is 4. The van der Waals surface area contributed by atoms with Crippen LogP contribution >= 0.6 is 0 Å². The third kappa shape index (κ3) is 3.46. The zero-order valence-electron chi connectivity index (χ0n) is 15.3. The summed E-state index contributed by atoms with van der Waals surface area (Å²) in [6.07, 6.45) is 1.68. The normalized spacial score (nSPS) is 13.2. The van der Waals surface area contributed by atoms with E-state index in [9.17, 15) is 4.79 Å². The molecule has 1 N–H and O–H groups in total. The lowest BCUT2D eigenvalue weighted by molar-refractivity contribution is 0.102. The molecule has 0 radical (unpaired) electrons. The standard InChI is InChI=1S/C21H20N4O2/c1-14-6-8-17(9-7-14)25-19(18(13-23-25)21-22-10-11-27-21)24-20(26)16-5-3-4-15(2)12-16/h3-9,12-13H,10-11H2,1-2H3,(H,24,26). The maximum absolute atomic E-state index is 12.8. The van der Waals surface area contributed by atoms with Crippen molar-refractivity contribution < 1.29 is 9.53 Å². The number of benzene rings is 2. The van der Waals surface area contributed by atoms with E-state index in [4.69, 9.17) is 4.74 Å². The number of aliphatic imine (C=N–C) groups is 1. The topological polar surface area (TPSA) is 68.5 Å². The summed E-state index contributed by atoms with van der Waals surface area (Å²) in [6.45, 7) is 5.13. The van der Waals surface area contributed by atoms with Gasteiger partial charge in [-0.15, -0.1) is 0 Å². The molecule has 3 aromatic rings. The van der Waals surface area contributed by atoms with Crippen LogP contribution in [0.2, 0.25) is 0 Å². The van der Waals surface area contributed by atoms with Crippen molar-refractivity contribution in [3.05, 3.63) is 77.0 Å². The molecule has 6 nitrogen and oxygen atoms in total. The third-order valence-electron chi connectivity index (χ3n) is 4.38. The van der Waals surface area contributed by atoms with E-state index in [0.29, 0.717) is 36.0 Å². The van der Waals surface area contributed by atoms with Crippen LogP contribution in [0, 0.1) is 13.8 Å². The van der Waals surface area contributed by atoms with Crippen molar-refractivity contribution in [1.29, 1.82) is 0 Å². The molecule has 1 aliphatic rings. The van der Waals surface area contributed by atoms with Crippen LogP contribution in [0.15, 0.2) is 59.7 Å². The Balaban J connectivity index is 1.75. The number of anilines is 1. The number of nitrogens with one attached hydrogen (secondary N) is 1. The highest BCUT2D eigenvalue weighted by molar-refractivity contribution is 6.08. The molecular weight excluding hydrogens is 340 g/mol. The highest BCUT2D eigenvalue weighted by Crippen LogP contribution is 2.24. The number of aryl methyl sites for hydroxylation is 2. The number of carbonyl (C=O) groups is 1. The molecule has 1 aliphatic heterocycles. The fourth-order valence-corrected chi connectivity index (χ4v) is 2.97. The van der Waals surface area contributed by atoms with Crippen LogP contribution in [-0.2, 0) is 4.74 Å². The SMILES string of the molecule is Cc1ccc(-n2ncc(C3=NCCO3)c2NC(=O)c2cccc(C)c2)cc1. The van der Waals surface area contributed by atoms with Crippen molar-refractivity contribution in [1.82, 2.24) is 9.78 Å². The number of hydrogen-bond acceptors (Lipinski definition) is 4. The van der Waals surface area contributed by atoms with Crippen molar-refractivity contribution in [2.45, 2.75) is 13.8 Å². The van der Waals surface area contributed by atoms with Gasteiger partial charge >= 0.3 is 0 Å². The van der Waals surface area contributed by atoms with Gasteiger partial charge in [0.2, 0.25) is 5.90 Å². The minimum atomic E-state index is -0.201. The third-order valence-corrected chi connectivity index (χ3v) is 4.38. The second-order valence-corrected chi connectivity index (χ2v) is 6.51. The predicted octanol–water partition coefficient (Wildman–Crippen LogP) is 3.52. The first-order valence-corrected chi connectivity index (χ1v) is 8.82. The second-order valence-electron chi connectivity index (χ2n) is 6.51. The fraction of sp³-hybridized carbons (Fsp3) is 0.190. The van der Waals surface area contributed by atoms with Crippen LogP contribution in [-0.4, -0.2) is 34.7 Å². The first-order valence-electron chi connectivity index (χ1n) is 8.82. The van der Waals surface area contributed by atoms with Crippen LogP contribution in [0.3, 0.4) is 0 Å². The van der Waals surface area contributed by atoms with Gasteiger partial charge in [0.05, 0.1) is 24.0 Å². The summed E-state index contributed by atoms with van der Waals surface area (Å²) in [4.78, 5) is 17.2. The van der Waals surface area contributed by atoms with Crippen molar-refractivity contribution in [3.63, 3.8) is 0 Å². The van der Waals surface area contributed by atoms with Crippen molar-refractivity contribution >= 4 is 17.6 Å². The highest BCUT2D eigenvalue weighted by atomic mass is 16.5. The summed E-state index contributed by atoms with van der Waals surface area (Å²) in [6, 6.07) is 15.4. The largest absolute Gasteiger partial charge is 0.475 e. The molecule has 2 heterocycles. The molecule has 0 atom stereocenters. The monoisotopic (exact) mass is 360 g/mol. The molecule has 2 aromatic carbocycles. The Labute approximate surface area is 157 Å². The molecule has 27 heavy (non-hydrogen) atoms. The number of carbonyl (C=O) groups excluding carboxylic acids is 1. The van der Waals surface area contributed by atoms with E-state index in [0.717, 1.165) is 16.8 Å². The van der Waals surface area contributed by atoms with E-state index in [-0.39, 0.29) is 5.91 Å². The number of aromatic nitrogens is 2. The lowest BCUT2D eigenvalue weighted by Gasteiger charge is -2.12. The average Bonchev–Trinajstić information content (AvgIpc) is 3.32. The van der Waals surface area contributed by atoms with Gasteiger partial charge in [-0.2, -0.15) is 5.10 Å². The molecule has 0 fully saturated rings. The van der Waals surface area contributed by atoms with E-state index >= 15 is 0 Å². The molecule has 1 aromatic heterocycles. The van der Waals surface area contributed by atoms with Crippen molar-refractivity contribution in [2.24, 2.45) is 4.99 Å². The zero-order chi connectivity index (χ0) is 18.8. The Morgan fingerprint density at radius 3 is 2.63 bits per heavy atom. The van der Waals surface area contributed by atoms with E-state index < -0.39 is 0 Å². The van der Waals surface area contributed by atoms with Gasteiger partial charge in [-0.05, 0) is 38.1 Å². The Bertz CT molecular complexity index is 1020. The summed E-state index contributed by atoms with van der Waals surface area (Å²) in [7, 11) is 0. The van der Waals surface area contributed by atoms with E-state index in [2.05, 4.69) is 15.4 Å². The van der Waals surface area contributed by atoms with Gasteiger partial charge < -0.3 is 10.1 Å². The number of nitrogens with zero attached hydrogens (tertiary/aromatic N) is 3. The van der Waals surface area contributed by atoms with Crippen LogP contribution in [0.1, 0.15) is 27.0 Å². The van der Waals surface area contributed by atoms with E-state index in [1.165, 1.54) is 0 Å². The highest BCUT2D eigenvalue weighted by Gasteiger charge is 2.22. The van der Waals surface area contributed by atoms with Crippen LogP contribution in [0.25, 0.3) is 5.69 Å². The summed E-state index contributed by atoms with van der Waals surface area (Å²) in [5, 5.41) is 7.46. The molecule has 0 saturated carbocycles. The summed E-state index contributed by atoms with van der Waals surface area (Å²) in [5.41, 5.74) is 4.30. The van der Waals surface area contributed by atoms with Gasteiger partial charge in [0.1, 0.15) is 12.4 Å². The van der Waals surface area contributed by atoms with Crippen LogP contribution < -0.4 is 5.32 Å². The van der Waals surface area contributed by atoms with Gasteiger partial charge in [0, 0.05) is 5.56 Å². The minimum absolute atomic E-state index is 0.201. The Hall–Kier alpha value is -3.41. The molecular formula is C21H20N4O2. The van der Waals surface area contributed by atoms with Crippen LogP contribution in [0.5, 0.6) is 0 Å². The maximum Gasteiger partial charge on any atom is 0.256 e. The summed E-state index contributed by atoms with van der Waals surface area (Å²) in [5.74, 6) is 0.853. The van der Waals surface area contributed by atoms with Gasteiger partial charge in [-0.1, -0.05) is 35.4 Å². The van der Waals surface area contributed by atoms with E-state index in [1.807, 2.05) is 56.3 Å². The average molecular weight is 360 g/mol. The Morgan fingerprint density at radius 1 is 1.11 bits per heavy atom. The van der Waals surface area contributed by atoms with Gasteiger partial charge in [0.25, 0.3) is 5.91 Å². The number of hydrogen-bond donors (Lipinski definition) is 1. The molecule has 1 amide bonds. The fourth-order valence-electron chi connectivity index (χ4n) is 2.97.